The second-order valence-corrected chi connectivity index (χ2v) is 6.96. The minimum absolute atomic E-state index is 0.270. The number of hydrogen-bond donors (Lipinski definition) is 2. The summed E-state index contributed by atoms with van der Waals surface area (Å²) in [6, 6.07) is 11.4. The normalized spacial score (nSPS) is 17.5. The van der Waals surface area contributed by atoms with Gasteiger partial charge in [-0.15, -0.1) is 0 Å². The van der Waals surface area contributed by atoms with E-state index in [1.165, 1.54) is 50.0 Å². The van der Waals surface area contributed by atoms with Crippen LogP contribution >= 0.6 is 0 Å². The van der Waals surface area contributed by atoms with Gasteiger partial charge in [-0.2, -0.15) is 0 Å². The minimum Gasteiger partial charge on any atom is -0.357 e. The Morgan fingerprint density at radius 3 is 2.43 bits per heavy atom. The Kier molecular flexibility index (Phi) is 3.31. The summed E-state index contributed by atoms with van der Waals surface area (Å²) in [5.74, 6) is 0. The zero-order chi connectivity index (χ0) is 16.1. The second-order valence-electron chi connectivity index (χ2n) is 6.96. The van der Waals surface area contributed by atoms with Gasteiger partial charge in [0.1, 0.15) is 0 Å². The van der Waals surface area contributed by atoms with Gasteiger partial charge in [0.05, 0.1) is 6.04 Å². The molecule has 1 aliphatic heterocycles. The van der Waals surface area contributed by atoms with E-state index in [4.69, 9.17) is 0 Å². The molecular formula is C21H24N2. The van der Waals surface area contributed by atoms with Crippen LogP contribution in [-0.4, -0.2) is 11.5 Å². The highest BCUT2D eigenvalue weighted by atomic mass is 15.0. The van der Waals surface area contributed by atoms with Crippen LogP contribution in [0.3, 0.4) is 0 Å². The monoisotopic (exact) mass is 304 g/mol. The van der Waals surface area contributed by atoms with Crippen molar-refractivity contribution in [2.45, 2.75) is 40.2 Å². The van der Waals surface area contributed by atoms with Gasteiger partial charge in [0, 0.05) is 23.1 Å². The van der Waals surface area contributed by atoms with Crippen LogP contribution in [0.5, 0.6) is 0 Å². The second kappa shape index (κ2) is 5.24. The van der Waals surface area contributed by atoms with E-state index in [0.29, 0.717) is 0 Å². The first-order valence-electron chi connectivity index (χ1n) is 8.47. The highest BCUT2D eigenvalue weighted by Gasteiger charge is 2.27. The Morgan fingerprint density at radius 2 is 1.70 bits per heavy atom. The van der Waals surface area contributed by atoms with Crippen molar-refractivity contribution in [2.24, 2.45) is 0 Å². The summed E-state index contributed by atoms with van der Waals surface area (Å²) in [6.45, 7) is 9.88. The van der Waals surface area contributed by atoms with Gasteiger partial charge in [-0.3, -0.25) is 0 Å². The zero-order valence-corrected chi connectivity index (χ0v) is 14.4. The number of benzene rings is 2. The highest BCUT2D eigenvalue weighted by Crippen LogP contribution is 2.37. The molecule has 0 spiro atoms. The molecule has 118 valence electrons. The van der Waals surface area contributed by atoms with Gasteiger partial charge in [0.25, 0.3) is 0 Å². The molecule has 1 atom stereocenters. The van der Waals surface area contributed by atoms with E-state index in [9.17, 15) is 0 Å². The lowest BCUT2D eigenvalue weighted by atomic mass is 9.88. The third kappa shape index (κ3) is 2.21. The Bertz CT molecular complexity index is 882. The lowest BCUT2D eigenvalue weighted by Gasteiger charge is -2.27. The fraction of sp³-hybridized carbons (Fsp3) is 0.333. The smallest absolute Gasteiger partial charge is 0.0737 e. The summed E-state index contributed by atoms with van der Waals surface area (Å²) in [4.78, 5) is 3.74. The molecule has 0 saturated carbocycles. The van der Waals surface area contributed by atoms with Crippen LogP contribution in [0, 0.1) is 27.7 Å². The van der Waals surface area contributed by atoms with Crippen molar-refractivity contribution in [3.8, 4) is 0 Å². The van der Waals surface area contributed by atoms with Crippen LogP contribution in [0.2, 0.25) is 0 Å². The zero-order valence-electron chi connectivity index (χ0n) is 14.4. The SMILES string of the molecule is Cc1cc(C)c2c3c([nH]c2c1)C(c1c(C)cccc1C)NCC3. The Labute approximate surface area is 137 Å². The Morgan fingerprint density at radius 1 is 0.957 bits per heavy atom. The number of fused-ring (bicyclic) bond motifs is 3. The number of hydrogen-bond acceptors (Lipinski definition) is 1. The van der Waals surface area contributed by atoms with Crippen molar-refractivity contribution >= 4 is 10.9 Å². The molecule has 4 rings (SSSR count). The van der Waals surface area contributed by atoms with Crippen molar-refractivity contribution < 1.29 is 0 Å². The molecule has 3 aromatic rings. The van der Waals surface area contributed by atoms with Crippen molar-refractivity contribution in [3.63, 3.8) is 0 Å². The molecule has 0 saturated heterocycles. The predicted octanol–water partition coefficient (Wildman–Crippen LogP) is 4.64. The van der Waals surface area contributed by atoms with Gasteiger partial charge in [-0.1, -0.05) is 24.3 Å². The van der Waals surface area contributed by atoms with Gasteiger partial charge < -0.3 is 10.3 Å². The van der Waals surface area contributed by atoms with Crippen LogP contribution in [0.1, 0.15) is 45.1 Å². The van der Waals surface area contributed by atoms with E-state index in [1.807, 2.05) is 0 Å². The summed E-state index contributed by atoms with van der Waals surface area (Å²) in [7, 11) is 0. The number of rotatable bonds is 1. The predicted molar refractivity (Wildman–Crippen MR) is 97.2 cm³/mol. The third-order valence-electron chi connectivity index (χ3n) is 5.22. The summed E-state index contributed by atoms with van der Waals surface area (Å²) < 4.78 is 0. The lowest BCUT2D eigenvalue weighted by Crippen LogP contribution is -2.31. The number of nitrogens with one attached hydrogen (secondary N) is 2. The molecule has 1 aliphatic rings. The van der Waals surface area contributed by atoms with E-state index >= 15 is 0 Å². The largest absolute Gasteiger partial charge is 0.357 e. The molecule has 2 heteroatoms. The molecule has 0 amide bonds. The number of aromatic nitrogens is 1. The standard InChI is InChI=1S/C21H24N2/c1-12-10-15(4)19-16-8-9-22-21(20(16)23-17(19)11-12)18-13(2)6-5-7-14(18)3/h5-7,10-11,21-23H,8-9H2,1-4H3. The lowest BCUT2D eigenvalue weighted by molar-refractivity contribution is 0.556. The topological polar surface area (TPSA) is 27.8 Å². The molecule has 2 heterocycles. The molecule has 0 fully saturated rings. The van der Waals surface area contributed by atoms with Crippen molar-refractivity contribution in [3.05, 3.63) is 69.4 Å². The fourth-order valence-corrected chi connectivity index (χ4v) is 4.30. The molecule has 2 N–H and O–H groups in total. The van der Waals surface area contributed by atoms with Crippen molar-refractivity contribution in [1.29, 1.82) is 0 Å². The summed E-state index contributed by atoms with van der Waals surface area (Å²) in [5, 5.41) is 5.17. The van der Waals surface area contributed by atoms with Crippen LogP contribution in [0.4, 0.5) is 0 Å². The average molecular weight is 304 g/mol. The van der Waals surface area contributed by atoms with E-state index < -0.39 is 0 Å². The molecule has 23 heavy (non-hydrogen) atoms. The number of H-pyrrole nitrogens is 1. The molecule has 0 radical (unpaired) electrons. The third-order valence-corrected chi connectivity index (χ3v) is 5.22. The molecule has 0 aliphatic carbocycles. The summed E-state index contributed by atoms with van der Waals surface area (Å²) >= 11 is 0. The molecule has 1 aromatic heterocycles. The molecule has 0 bridgehead atoms. The minimum atomic E-state index is 0.270. The quantitative estimate of drug-likeness (QED) is 0.673. The number of aromatic amines is 1. The molecule has 2 nitrogen and oxygen atoms in total. The van der Waals surface area contributed by atoms with Gasteiger partial charge in [0.15, 0.2) is 0 Å². The van der Waals surface area contributed by atoms with Crippen LogP contribution in [0.25, 0.3) is 10.9 Å². The van der Waals surface area contributed by atoms with E-state index in [2.05, 4.69) is 68.3 Å². The maximum atomic E-state index is 3.74. The number of aryl methyl sites for hydroxylation is 4. The maximum absolute atomic E-state index is 3.74. The van der Waals surface area contributed by atoms with Crippen molar-refractivity contribution in [2.75, 3.05) is 6.54 Å². The first kappa shape index (κ1) is 14.5. The van der Waals surface area contributed by atoms with E-state index in [-0.39, 0.29) is 6.04 Å². The van der Waals surface area contributed by atoms with Gasteiger partial charge in [-0.25, -0.2) is 0 Å². The first-order valence-corrected chi connectivity index (χ1v) is 8.47. The van der Waals surface area contributed by atoms with Crippen LogP contribution in [-0.2, 0) is 6.42 Å². The van der Waals surface area contributed by atoms with Crippen LogP contribution < -0.4 is 5.32 Å². The fourth-order valence-electron chi connectivity index (χ4n) is 4.30. The maximum Gasteiger partial charge on any atom is 0.0737 e. The van der Waals surface area contributed by atoms with Gasteiger partial charge in [-0.05, 0) is 73.6 Å². The van der Waals surface area contributed by atoms with Crippen molar-refractivity contribution in [1.82, 2.24) is 10.3 Å². The van der Waals surface area contributed by atoms with E-state index in [1.54, 1.807) is 0 Å². The van der Waals surface area contributed by atoms with Gasteiger partial charge in [0.2, 0.25) is 0 Å². The van der Waals surface area contributed by atoms with Gasteiger partial charge >= 0.3 is 0 Å². The highest BCUT2D eigenvalue weighted by molar-refractivity contribution is 5.89. The Balaban J connectivity index is 1.97. The molecular weight excluding hydrogens is 280 g/mol. The summed E-state index contributed by atoms with van der Waals surface area (Å²) in [5.41, 5.74) is 11.0. The molecule has 2 aromatic carbocycles. The van der Waals surface area contributed by atoms with E-state index in [0.717, 1.165) is 13.0 Å². The first-order chi connectivity index (χ1) is 11.1. The Hall–Kier alpha value is -2.06. The average Bonchev–Trinajstić information content (AvgIpc) is 2.86. The molecule has 1 unspecified atom stereocenters. The van der Waals surface area contributed by atoms with Crippen LogP contribution in [0.15, 0.2) is 30.3 Å². The summed E-state index contributed by atoms with van der Waals surface area (Å²) in [6.07, 6.45) is 1.10.